The van der Waals surface area contributed by atoms with Crippen molar-refractivity contribution in [1.29, 1.82) is 0 Å². The highest BCUT2D eigenvalue weighted by Crippen LogP contribution is 2.25. The lowest BCUT2D eigenvalue weighted by molar-refractivity contribution is -0.125. The van der Waals surface area contributed by atoms with E-state index in [1.165, 1.54) is 16.4 Å². The summed E-state index contributed by atoms with van der Waals surface area (Å²) in [6.45, 7) is 2.60. The van der Waals surface area contributed by atoms with Crippen LogP contribution in [0.15, 0.2) is 53.4 Å². The molecule has 0 radical (unpaired) electrons. The first kappa shape index (κ1) is 19.5. The molecule has 1 heterocycles. The number of aryl methyl sites for hydroxylation is 1. The molecule has 1 N–H and O–H groups in total. The summed E-state index contributed by atoms with van der Waals surface area (Å²) in [4.78, 5) is 12.7. The Morgan fingerprint density at radius 2 is 1.93 bits per heavy atom. The van der Waals surface area contributed by atoms with Crippen molar-refractivity contribution in [2.45, 2.75) is 43.7 Å². The van der Waals surface area contributed by atoms with Crippen LogP contribution in [0.1, 0.15) is 30.4 Å². The average molecular weight is 390 g/mol. The van der Waals surface area contributed by atoms with Crippen LogP contribution in [0.3, 0.4) is 0 Å². The highest BCUT2D eigenvalue weighted by molar-refractivity contribution is 7.89. The van der Waals surface area contributed by atoms with Crippen molar-refractivity contribution < 1.29 is 17.6 Å². The van der Waals surface area contributed by atoms with Crippen LogP contribution < -0.4 is 5.32 Å². The third-order valence-electron chi connectivity index (χ3n) is 4.73. The van der Waals surface area contributed by atoms with E-state index in [1.54, 1.807) is 0 Å². The van der Waals surface area contributed by atoms with Gasteiger partial charge in [-0.05, 0) is 49.6 Å². The van der Waals surface area contributed by atoms with Crippen LogP contribution in [-0.4, -0.2) is 31.2 Å². The predicted molar refractivity (Wildman–Crippen MR) is 101 cm³/mol. The molecule has 27 heavy (non-hydrogen) atoms. The number of piperidine rings is 1. The Morgan fingerprint density at radius 3 is 2.63 bits per heavy atom. The molecule has 0 aromatic heterocycles. The number of carbonyl (C=O) groups is 1. The van der Waals surface area contributed by atoms with Gasteiger partial charge in [0.15, 0.2) is 0 Å². The topological polar surface area (TPSA) is 66.5 Å². The molecule has 1 aliphatic heterocycles. The van der Waals surface area contributed by atoms with Crippen molar-refractivity contribution in [3.63, 3.8) is 0 Å². The van der Waals surface area contributed by atoms with Crippen molar-refractivity contribution in [2.75, 3.05) is 6.54 Å². The highest BCUT2D eigenvalue weighted by Gasteiger charge is 2.37. The lowest BCUT2D eigenvalue weighted by Crippen LogP contribution is -2.51. The maximum absolute atomic E-state index is 13.1. The Balaban J connectivity index is 1.76. The zero-order valence-corrected chi connectivity index (χ0v) is 16.0. The van der Waals surface area contributed by atoms with Crippen LogP contribution in [0.2, 0.25) is 0 Å². The van der Waals surface area contributed by atoms with E-state index in [1.807, 2.05) is 31.2 Å². The predicted octanol–water partition coefficient (Wildman–Crippen LogP) is 2.99. The molecular formula is C20H23FN2O3S. The molecule has 0 aliphatic carbocycles. The molecule has 0 bridgehead atoms. The standard InChI is InChI=1S/C20H23FN2O3S/c1-15-5-4-6-16(13-15)14-22-20(24)19-7-2-3-12-23(19)27(25,26)18-10-8-17(21)9-11-18/h4-6,8-11,13,19H,2-3,7,12,14H2,1H3,(H,22,24)/t19-/m0/s1. The second-order valence-corrected chi connectivity index (χ2v) is 8.68. The van der Waals surface area contributed by atoms with E-state index in [0.717, 1.165) is 29.7 Å². The summed E-state index contributed by atoms with van der Waals surface area (Å²) in [5.74, 6) is -0.804. The number of amides is 1. The normalized spacial score (nSPS) is 18.2. The molecule has 0 unspecified atom stereocenters. The summed E-state index contributed by atoms with van der Waals surface area (Å²) in [6.07, 6.45) is 1.96. The van der Waals surface area contributed by atoms with Gasteiger partial charge in [0.2, 0.25) is 15.9 Å². The van der Waals surface area contributed by atoms with E-state index in [0.29, 0.717) is 19.4 Å². The Kier molecular flexibility index (Phi) is 5.92. The monoisotopic (exact) mass is 390 g/mol. The smallest absolute Gasteiger partial charge is 0.243 e. The number of sulfonamides is 1. The van der Waals surface area contributed by atoms with Gasteiger partial charge in [-0.15, -0.1) is 0 Å². The van der Waals surface area contributed by atoms with Gasteiger partial charge >= 0.3 is 0 Å². The van der Waals surface area contributed by atoms with Gasteiger partial charge in [-0.2, -0.15) is 4.31 Å². The second kappa shape index (κ2) is 8.19. The van der Waals surface area contributed by atoms with E-state index in [9.17, 15) is 17.6 Å². The zero-order valence-electron chi connectivity index (χ0n) is 15.2. The molecule has 1 atom stereocenters. The number of hydrogen-bond donors (Lipinski definition) is 1. The van der Waals surface area contributed by atoms with Crippen molar-refractivity contribution in [2.24, 2.45) is 0 Å². The highest BCUT2D eigenvalue weighted by atomic mass is 32.2. The molecular weight excluding hydrogens is 367 g/mol. The Labute approximate surface area is 159 Å². The minimum Gasteiger partial charge on any atom is -0.351 e. The number of halogens is 1. The minimum absolute atomic E-state index is 0.00211. The maximum Gasteiger partial charge on any atom is 0.243 e. The third kappa shape index (κ3) is 4.54. The van der Waals surface area contributed by atoms with Gasteiger partial charge in [0, 0.05) is 13.1 Å². The van der Waals surface area contributed by atoms with Gasteiger partial charge < -0.3 is 5.32 Å². The third-order valence-corrected chi connectivity index (χ3v) is 6.65. The largest absolute Gasteiger partial charge is 0.351 e. The zero-order chi connectivity index (χ0) is 19.4. The number of nitrogens with one attached hydrogen (secondary N) is 1. The summed E-state index contributed by atoms with van der Waals surface area (Å²) in [5.41, 5.74) is 2.06. The summed E-state index contributed by atoms with van der Waals surface area (Å²) < 4.78 is 40.3. The van der Waals surface area contributed by atoms with Gasteiger partial charge in [0.1, 0.15) is 11.9 Å². The van der Waals surface area contributed by atoms with E-state index < -0.39 is 21.9 Å². The van der Waals surface area contributed by atoms with Gasteiger partial charge in [0.05, 0.1) is 4.90 Å². The fourth-order valence-electron chi connectivity index (χ4n) is 3.33. The number of hydrogen-bond acceptors (Lipinski definition) is 3. The second-order valence-electron chi connectivity index (χ2n) is 6.79. The minimum atomic E-state index is -3.86. The van der Waals surface area contributed by atoms with Crippen molar-refractivity contribution in [3.8, 4) is 0 Å². The molecule has 1 fully saturated rings. The van der Waals surface area contributed by atoms with Crippen LogP contribution in [0.5, 0.6) is 0 Å². The van der Waals surface area contributed by atoms with E-state index >= 15 is 0 Å². The molecule has 2 aromatic carbocycles. The van der Waals surface area contributed by atoms with Gasteiger partial charge in [-0.1, -0.05) is 36.2 Å². The molecule has 1 amide bonds. The van der Waals surface area contributed by atoms with Crippen molar-refractivity contribution >= 4 is 15.9 Å². The maximum atomic E-state index is 13.1. The summed E-state index contributed by atoms with van der Waals surface area (Å²) in [5, 5.41) is 2.85. The number of nitrogens with zero attached hydrogens (tertiary/aromatic N) is 1. The van der Waals surface area contributed by atoms with Crippen LogP contribution in [0, 0.1) is 12.7 Å². The molecule has 0 spiro atoms. The van der Waals surface area contributed by atoms with Crippen LogP contribution in [0.4, 0.5) is 4.39 Å². The van der Waals surface area contributed by atoms with E-state index in [2.05, 4.69) is 5.32 Å². The lowest BCUT2D eigenvalue weighted by atomic mass is 10.0. The summed E-state index contributed by atoms with van der Waals surface area (Å²) in [6, 6.07) is 11.7. The number of rotatable bonds is 5. The van der Waals surface area contributed by atoms with E-state index in [-0.39, 0.29) is 17.3 Å². The molecule has 2 aromatic rings. The fourth-order valence-corrected chi connectivity index (χ4v) is 4.98. The van der Waals surface area contributed by atoms with Crippen molar-refractivity contribution in [1.82, 2.24) is 9.62 Å². The lowest BCUT2D eigenvalue weighted by Gasteiger charge is -2.33. The van der Waals surface area contributed by atoms with Gasteiger partial charge in [0.25, 0.3) is 0 Å². The molecule has 5 nitrogen and oxygen atoms in total. The fraction of sp³-hybridized carbons (Fsp3) is 0.350. The average Bonchev–Trinajstić information content (AvgIpc) is 2.66. The van der Waals surface area contributed by atoms with Crippen LogP contribution >= 0.6 is 0 Å². The Bertz CT molecular complexity index is 913. The first-order valence-corrected chi connectivity index (χ1v) is 10.4. The van der Waals surface area contributed by atoms with Crippen LogP contribution in [0.25, 0.3) is 0 Å². The molecule has 144 valence electrons. The number of carbonyl (C=O) groups excluding carboxylic acids is 1. The first-order valence-electron chi connectivity index (χ1n) is 8.98. The molecule has 1 saturated heterocycles. The molecule has 1 aliphatic rings. The summed E-state index contributed by atoms with van der Waals surface area (Å²) >= 11 is 0. The van der Waals surface area contributed by atoms with Gasteiger partial charge in [-0.3, -0.25) is 4.79 Å². The van der Waals surface area contributed by atoms with Gasteiger partial charge in [-0.25, -0.2) is 12.8 Å². The molecule has 3 rings (SSSR count). The Hall–Kier alpha value is -2.25. The molecule has 0 saturated carbocycles. The van der Waals surface area contributed by atoms with Crippen LogP contribution in [-0.2, 0) is 21.4 Å². The quantitative estimate of drug-likeness (QED) is 0.854. The van der Waals surface area contributed by atoms with E-state index in [4.69, 9.17) is 0 Å². The number of benzene rings is 2. The SMILES string of the molecule is Cc1cccc(CNC(=O)[C@@H]2CCCCN2S(=O)(=O)c2ccc(F)cc2)c1. The Morgan fingerprint density at radius 1 is 1.19 bits per heavy atom. The first-order chi connectivity index (χ1) is 12.9. The molecule has 7 heteroatoms. The summed E-state index contributed by atoms with van der Waals surface area (Å²) in [7, 11) is -3.86. The van der Waals surface area contributed by atoms with Crippen molar-refractivity contribution in [3.05, 3.63) is 65.5 Å².